The SMILES string of the molecule is C[Si](C)(C)SC1CC/C(=N\C2CC2)C1. The molecule has 0 spiro atoms. The number of nitrogens with zero attached hydrogens (tertiary/aromatic N) is 1. The van der Waals surface area contributed by atoms with Crippen molar-refractivity contribution in [3.05, 3.63) is 0 Å². The van der Waals surface area contributed by atoms with Gasteiger partial charge in [0.15, 0.2) is 0 Å². The van der Waals surface area contributed by atoms with E-state index in [0.717, 1.165) is 11.3 Å². The van der Waals surface area contributed by atoms with Crippen LogP contribution >= 0.6 is 11.2 Å². The summed E-state index contributed by atoms with van der Waals surface area (Å²) in [5.41, 5.74) is 1.53. The fraction of sp³-hybridized carbons (Fsp3) is 0.909. The van der Waals surface area contributed by atoms with Gasteiger partial charge in [-0.05, 0) is 32.1 Å². The molecular weight excluding hydrogens is 206 g/mol. The van der Waals surface area contributed by atoms with Gasteiger partial charge >= 0.3 is 0 Å². The molecule has 0 saturated heterocycles. The van der Waals surface area contributed by atoms with Crippen LogP contribution in [0.25, 0.3) is 0 Å². The Morgan fingerprint density at radius 2 is 1.93 bits per heavy atom. The third-order valence-corrected chi connectivity index (χ3v) is 7.21. The van der Waals surface area contributed by atoms with Gasteiger partial charge in [-0.3, -0.25) is 4.99 Å². The van der Waals surface area contributed by atoms with Crippen LogP contribution in [0.3, 0.4) is 0 Å². The topological polar surface area (TPSA) is 12.4 Å². The molecule has 0 aromatic rings. The molecule has 0 aliphatic heterocycles. The van der Waals surface area contributed by atoms with E-state index >= 15 is 0 Å². The number of hydrogen-bond acceptors (Lipinski definition) is 2. The van der Waals surface area contributed by atoms with Gasteiger partial charge in [-0.2, -0.15) is 11.2 Å². The first kappa shape index (κ1) is 10.7. The average molecular weight is 227 g/mol. The lowest BCUT2D eigenvalue weighted by molar-refractivity contribution is 0.911. The van der Waals surface area contributed by atoms with Crippen molar-refractivity contribution in [3.8, 4) is 0 Å². The van der Waals surface area contributed by atoms with Gasteiger partial charge in [-0.25, -0.2) is 0 Å². The normalized spacial score (nSPS) is 31.4. The van der Waals surface area contributed by atoms with Crippen LogP contribution in [0.15, 0.2) is 4.99 Å². The largest absolute Gasteiger partial charge is 0.291 e. The highest BCUT2D eigenvalue weighted by molar-refractivity contribution is 8.29. The predicted octanol–water partition coefficient (Wildman–Crippen LogP) is 3.71. The standard InChI is InChI=1S/C11H21NSSi/c1-14(2,3)13-11-7-6-10(8-11)12-9-4-5-9/h9,11H,4-8H2,1-3H3/b12-10+. The molecule has 0 bridgehead atoms. The summed E-state index contributed by atoms with van der Waals surface area (Å²) < 4.78 is 0. The molecule has 2 rings (SSSR count). The van der Waals surface area contributed by atoms with Crippen molar-refractivity contribution in [1.82, 2.24) is 0 Å². The summed E-state index contributed by atoms with van der Waals surface area (Å²) in [6.07, 6.45) is 6.69. The zero-order valence-corrected chi connectivity index (χ0v) is 11.4. The molecule has 0 radical (unpaired) electrons. The highest BCUT2D eigenvalue weighted by Gasteiger charge is 2.28. The predicted molar refractivity (Wildman–Crippen MR) is 69.0 cm³/mol. The summed E-state index contributed by atoms with van der Waals surface area (Å²) in [5.74, 6) is 0. The molecule has 0 N–H and O–H groups in total. The van der Waals surface area contributed by atoms with E-state index < -0.39 is 7.22 Å². The molecule has 80 valence electrons. The van der Waals surface area contributed by atoms with E-state index in [1.807, 2.05) is 0 Å². The van der Waals surface area contributed by atoms with Gasteiger partial charge < -0.3 is 0 Å². The molecule has 1 nitrogen and oxygen atoms in total. The molecule has 0 amide bonds. The van der Waals surface area contributed by atoms with Crippen LogP contribution in [0.5, 0.6) is 0 Å². The molecule has 0 aromatic heterocycles. The van der Waals surface area contributed by atoms with E-state index in [2.05, 4.69) is 30.9 Å². The van der Waals surface area contributed by atoms with Crippen molar-refractivity contribution in [2.45, 2.75) is 63.0 Å². The first-order chi connectivity index (χ1) is 6.53. The third kappa shape index (κ3) is 3.43. The number of aliphatic imine (C=N–C) groups is 1. The van der Waals surface area contributed by atoms with Crippen LogP contribution in [0.2, 0.25) is 19.6 Å². The molecule has 3 heteroatoms. The molecule has 1 atom stereocenters. The second-order valence-corrected chi connectivity index (χ2v) is 15.0. The van der Waals surface area contributed by atoms with Gasteiger partial charge in [0.05, 0.1) is 6.04 Å². The zero-order chi connectivity index (χ0) is 10.2. The second kappa shape index (κ2) is 4.01. The minimum Gasteiger partial charge on any atom is -0.291 e. The Morgan fingerprint density at radius 1 is 1.21 bits per heavy atom. The summed E-state index contributed by atoms with van der Waals surface area (Å²) in [6.45, 7) is 7.36. The van der Waals surface area contributed by atoms with E-state index in [-0.39, 0.29) is 0 Å². The summed E-state index contributed by atoms with van der Waals surface area (Å²) in [5, 5.41) is 0.902. The Labute approximate surface area is 92.4 Å². The van der Waals surface area contributed by atoms with Crippen LogP contribution < -0.4 is 0 Å². The molecule has 2 fully saturated rings. The van der Waals surface area contributed by atoms with Crippen molar-refractivity contribution < 1.29 is 0 Å². The van der Waals surface area contributed by atoms with Crippen molar-refractivity contribution in [3.63, 3.8) is 0 Å². The first-order valence-corrected chi connectivity index (χ1v) is 10.9. The first-order valence-electron chi connectivity index (χ1n) is 5.76. The van der Waals surface area contributed by atoms with Crippen LogP contribution in [-0.4, -0.2) is 24.2 Å². The Hall–Kier alpha value is 0.237. The Morgan fingerprint density at radius 3 is 2.50 bits per heavy atom. The van der Waals surface area contributed by atoms with Gasteiger partial charge in [0, 0.05) is 11.0 Å². The van der Waals surface area contributed by atoms with Gasteiger partial charge in [0.1, 0.15) is 7.22 Å². The van der Waals surface area contributed by atoms with Crippen LogP contribution in [0, 0.1) is 0 Å². The van der Waals surface area contributed by atoms with Crippen molar-refractivity contribution in [2.24, 2.45) is 4.99 Å². The molecule has 0 aromatic carbocycles. The summed E-state index contributed by atoms with van der Waals surface area (Å²) in [7, 11) is -0.914. The minimum atomic E-state index is -0.914. The van der Waals surface area contributed by atoms with Gasteiger partial charge in [0.25, 0.3) is 0 Å². The molecule has 2 saturated carbocycles. The monoisotopic (exact) mass is 227 g/mol. The molecule has 1 unspecified atom stereocenters. The fourth-order valence-electron chi connectivity index (χ4n) is 1.97. The smallest absolute Gasteiger partial charge is 0.108 e. The van der Waals surface area contributed by atoms with Crippen LogP contribution in [0.1, 0.15) is 32.1 Å². The Bertz CT molecular complexity index is 240. The quantitative estimate of drug-likeness (QED) is 0.670. The lowest BCUT2D eigenvalue weighted by Crippen LogP contribution is -2.19. The summed E-state index contributed by atoms with van der Waals surface area (Å²) >= 11 is 2.27. The van der Waals surface area contributed by atoms with Gasteiger partial charge in [-0.1, -0.05) is 19.6 Å². The third-order valence-electron chi connectivity index (χ3n) is 2.65. The van der Waals surface area contributed by atoms with Crippen molar-refractivity contribution in [1.29, 1.82) is 0 Å². The second-order valence-electron chi connectivity index (χ2n) is 5.52. The van der Waals surface area contributed by atoms with Crippen molar-refractivity contribution >= 4 is 24.1 Å². The number of rotatable bonds is 3. The maximum atomic E-state index is 4.79. The average Bonchev–Trinajstić information content (AvgIpc) is 2.71. The zero-order valence-electron chi connectivity index (χ0n) is 9.55. The lowest BCUT2D eigenvalue weighted by Gasteiger charge is -2.19. The lowest BCUT2D eigenvalue weighted by atomic mass is 10.3. The highest BCUT2D eigenvalue weighted by atomic mass is 32.4. The highest BCUT2D eigenvalue weighted by Crippen LogP contribution is 2.35. The summed E-state index contributed by atoms with van der Waals surface area (Å²) in [6, 6.07) is 0.737. The minimum absolute atomic E-state index is 0.737. The molecule has 0 heterocycles. The van der Waals surface area contributed by atoms with E-state index in [1.165, 1.54) is 37.8 Å². The number of hydrogen-bond donors (Lipinski definition) is 0. The molecular formula is C11H21NSSi. The Balaban J connectivity index is 1.82. The fourth-order valence-corrected chi connectivity index (χ4v) is 7.09. The van der Waals surface area contributed by atoms with E-state index in [4.69, 9.17) is 4.99 Å². The molecule has 2 aliphatic rings. The van der Waals surface area contributed by atoms with Crippen molar-refractivity contribution in [2.75, 3.05) is 0 Å². The molecule has 14 heavy (non-hydrogen) atoms. The maximum absolute atomic E-state index is 4.79. The summed E-state index contributed by atoms with van der Waals surface area (Å²) in [4.78, 5) is 4.79. The van der Waals surface area contributed by atoms with Gasteiger partial charge in [-0.15, -0.1) is 0 Å². The van der Waals surface area contributed by atoms with E-state index in [9.17, 15) is 0 Å². The van der Waals surface area contributed by atoms with E-state index in [0.29, 0.717) is 0 Å². The van der Waals surface area contributed by atoms with Gasteiger partial charge in [0.2, 0.25) is 0 Å². The Kier molecular flexibility index (Phi) is 3.08. The van der Waals surface area contributed by atoms with E-state index in [1.54, 1.807) is 0 Å². The maximum Gasteiger partial charge on any atom is 0.108 e. The van der Waals surface area contributed by atoms with Crippen LogP contribution in [-0.2, 0) is 0 Å². The molecule has 2 aliphatic carbocycles. The van der Waals surface area contributed by atoms with Crippen LogP contribution in [0.4, 0.5) is 0 Å².